The van der Waals surface area contributed by atoms with Crippen molar-refractivity contribution in [1.82, 2.24) is 5.32 Å². The molecule has 6 nitrogen and oxygen atoms in total. The molecule has 0 radical (unpaired) electrons. The summed E-state index contributed by atoms with van der Waals surface area (Å²) in [5.74, 6) is -0.788. The van der Waals surface area contributed by atoms with Crippen molar-refractivity contribution in [2.75, 3.05) is 18.6 Å². The van der Waals surface area contributed by atoms with Gasteiger partial charge in [-0.15, -0.1) is 0 Å². The predicted octanol–water partition coefficient (Wildman–Crippen LogP) is 1.15. The number of amides is 1. The second kappa shape index (κ2) is 6.42. The van der Waals surface area contributed by atoms with E-state index < -0.39 is 24.8 Å². The van der Waals surface area contributed by atoms with E-state index in [1.54, 1.807) is 0 Å². The number of hydrogen-bond donors (Lipinski definition) is 1. The molecule has 1 aromatic rings. The SMILES string of the molecule is CS(=O)(=O)CCNC(=O)c1cc(Br)cc(S(=O)(=O)Cl)c1. The summed E-state index contributed by atoms with van der Waals surface area (Å²) in [5.41, 5.74) is 0.0621. The lowest BCUT2D eigenvalue weighted by atomic mass is 10.2. The number of rotatable bonds is 5. The van der Waals surface area contributed by atoms with Crippen LogP contribution >= 0.6 is 26.6 Å². The summed E-state index contributed by atoms with van der Waals surface area (Å²) >= 11 is 3.07. The number of carbonyl (C=O) groups is 1. The molecule has 0 aliphatic carbocycles. The Kier molecular flexibility index (Phi) is 5.59. The first kappa shape index (κ1) is 17.4. The van der Waals surface area contributed by atoms with Crippen LogP contribution in [-0.2, 0) is 18.9 Å². The van der Waals surface area contributed by atoms with Gasteiger partial charge in [-0.05, 0) is 18.2 Å². The third-order valence-corrected chi connectivity index (χ3v) is 4.91. The highest BCUT2D eigenvalue weighted by atomic mass is 79.9. The maximum Gasteiger partial charge on any atom is 0.261 e. The van der Waals surface area contributed by atoms with Crippen molar-refractivity contribution in [2.24, 2.45) is 0 Å². The summed E-state index contributed by atoms with van der Waals surface area (Å²) in [7, 11) is -1.93. The van der Waals surface area contributed by atoms with Gasteiger partial charge in [-0.3, -0.25) is 4.79 Å². The normalized spacial score (nSPS) is 12.2. The van der Waals surface area contributed by atoms with Crippen LogP contribution in [0.1, 0.15) is 10.4 Å². The quantitative estimate of drug-likeness (QED) is 0.743. The zero-order valence-electron chi connectivity index (χ0n) is 10.3. The van der Waals surface area contributed by atoms with Gasteiger partial charge < -0.3 is 5.32 Å². The molecule has 0 fully saturated rings. The van der Waals surface area contributed by atoms with E-state index in [9.17, 15) is 21.6 Å². The Morgan fingerprint density at radius 3 is 2.35 bits per heavy atom. The van der Waals surface area contributed by atoms with Gasteiger partial charge in [0.15, 0.2) is 0 Å². The van der Waals surface area contributed by atoms with Crippen LogP contribution < -0.4 is 5.32 Å². The third-order valence-electron chi connectivity index (χ3n) is 2.17. The van der Waals surface area contributed by atoms with Crippen LogP contribution in [0.3, 0.4) is 0 Å². The first-order valence-corrected chi connectivity index (χ1v) is 10.4. The molecule has 1 rings (SSSR count). The first-order valence-electron chi connectivity index (χ1n) is 5.20. The molecule has 0 unspecified atom stereocenters. The molecular weight excluding hydrogens is 394 g/mol. The van der Waals surface area contributed by atoms with Crippen LogP contribution in [0.25, 0.3) is 0 Å². The molecule has 0 atom stereocenters. The molecule has 1 aromatic carbocycles. The van der Waals surface area contributed by atoms with Gasteiger partial charge in [0.2, 0.25) is 0 Å². The molecule has 0 saturated carbocycles. The van der Waals surface area contributed by atoms with Crippen LogP contribution in [0.15, 0.2) is 27.6 Å². The minimum atomic E-state index is -3.96. The summed E-state index contributed by atoms with van der Waals surface area (Å²) in [6.07, 6.45) is 1.05. The molecule has 0 heterocycles. The standard InChI is InChI=1S/C10H11BrClNO5S2/c1-19(15,16)3-2-13-10(14)7-4-8(11)6-9(5-7)20(12,17)18/h4-6H,2-3H2,1H3,(H,13,14). The molecule has 0 spiro atoms. The highest BCUT2D eigenvalue weighted by Crippen LogP contribution is 2.22. The molecule has 20 heavy (non-hydrogen) atoms. The van der Waals surface area contributed by atoms with Gasteiger partial charge in [0, 0.05) is 33.5 Å². The van der Waals surface area contributed by atoms with Crippen molar-refractivity contribution in [1.29, 1.82) is 0 Å². The van der Waals surface area contributed by atoms with E-state index in [0.29, 0.717) is 4.47 Å². The minimum absolute atomic E-state index is 0.0621. The van der Waals surface area contributed by atoms with Gasteiger partial charge in [-0.2, -0.15) is 0 Å². The van der Waals surface area contributed by atoms with Crippen molar-refractivity contribution in [2.45, 2.75) is 4.90 Å². The summed E-state index contributed by atoms with van der Waals surface area (Å²) in [4.78, 5) is 11.6. The fourth-order valence-electron chi connectivity index (χ4n) is 1.29. The molecule has 1 N–H and O–H groups in total. The van der Waals surface area contributed by atoms with Crippen molar-refractivity contribution in [3.63, 3.8) is 0 Å². The van der Waals surface area contributed by atoms with Gasteiger partial charge in [-0.1, -0.05) is 15.9 Å². The zero-order chi connectivity index (χ0) is 15.6. The molecule has 10 heteroatoms. The van der Waals surface area contributed by atoms with Crippen LogP contribution in [-0.4, -0.2) is 41.3 Å². The Bertz CT molecular complexity index is 730. The van der Waals surface area contributed by atoms with Crippen molar-refractivity contribution < 1.29 is 21.6 Å². The van der Waals surface area contributed by atoms with Gasteiger partial charge in [0.1, 0.15) is 9.84 Å². The second-order valence-electron chi connectivity index (χ2n) is 4.00. The van der Waals surface area contributed by atoms with Gasteiger partial charge in [0.25, 0.3) is 15.0 Å². The lowest BCUT2D eigenvalue weighted by Gasteiger charge is -2.06. The van der Waals surface area contributed by atoms with Crippen molar-refractivity contribution >= 4 is 51.4 Å². The molecule has 0 saturated heterocycles. The van der Waals surface area contributed by atoms with Gasteiger partial charge in [-0.25, -0.2) is 16.8 Å². The zero-order valence-corrected chi connectivity index (χ0v) is 14.2. The number of halogens is 2. The Morgan fingerprint density at radius 2 is 1.85 bits per heavy atom. The Labute approximate surface area is 130 Å². The van der Waals surface area contributed by atoms with Crippen molar-refractivity contribution in [3.05, 3.63) is 28.2 Å². The highest BCUT2D eigenvalue weighted by Gasteiger charge is 2.15. The number of carbonyl (C=O) groups excluding carboxylic acids is 1. The molecule has 0 aliphatic rings. The Hall–Kier alpha value is -0.640. The molecular formula is C10H11BrClNO5S2. The van der Waals surface area contributed by atoms with E-state index >= 15 is 0 Å². The van der Waals surface area contributed by atoms with Gasteiger partial charge >= 0.3 is 0 Å². The van der Waals surface area contributed by atoms with Gasteiger partial charge in [0.05, 0.1) is 10.6 Å². The topological polar surface area (TPSA) is 97.4 Å². The number of sulfone groups is 1. The maximum absolute atomic E-state index is 11.8. The third kappa shape index (κ3) is 5.78. The highest BCUT2D eigenvalue weighted by molar-refractivity contribution is 9.10. The summed E-state index contributed by atoms with van der Waals surface area (Å²) < 4.78 is 44.7. The van der Waals surface area contributed by atoms with Crippen LogP contribution in [0, 0.1) is 0 Å². The molecule has 0 bridgehead atoms. The van der Waals surface area contributed by atoms with E-state index in [0.717, 1.165) is 12.3 Å². The average Bonchev–Trinajstić information content (AvgIpc) is 2.25. The van der Waals surface area contributed by atoms with Crippen LogP contribution in [0.2, 0.25) is 0 Å². The summed E-state index contributed by atoms with van der Waals surface area (Å²) in [6, 6.07) is 3.78. The van der Waals surface area contributed by atoms with E-state index in [1.807, 2.05) is 0 Å². The molecule has 1 amide bonds. The summed E-state index contributed by atoms with van der Waals surface area (Å²) in [6.45, 7) is -0.0624. The van der Waals surface area contributed by atoms with Crippen LogP contribution in [0.5, 0.6) is 0 Å². The Balaban J connectivity index is 2.92. The monoisotopic (exact) mass is 403 g/mol. The Morgan fingerprint density at radius 1 is 1.25 bits per heavy atom. The number of hydrogen-bond acceptors (Lipinski definition) is 5. The molecule has 0 aromatic heterocycles. The average molecular weight is 405 g/mol. The maximum atomic E-state index is 11.8. The largest absolute Gasteiger partial charge is 0.351 e. The van der Waals surface area contributed by atoms with E-state index in [1.165, 1.54) is 12.1 Å². The lowest BCUT2D eigenvalue weighted by Crippen LogP contribution is -2.28. The number of benzene rings is 1. The van der Waals surface area contributed by atoms with Crippen molar-refractivity contribution in [3.8, 4) is 0 Å². The fraction of sp³-hybridized carbons (Fsp3) is 0.300. The lowest BCUT2D eigenvalue weighted by molar-refractivity contribution is 0.0956. The second-order valence-corrected chi connectivity index (χ2v) is 9.74. The van der Waals surface area contributed by atoms with E-state index in [-0.39, 0.29) is 22.8 Å². The fourth-order valence-corrected chi connectivity index (χ4v) is 3.21. The van der Waals surface area contributed by atoms with Crippen LogP contribution in [0.4, 0.5) is 0 Å². The van der Waals surface area contributed by atoms with E-state index in [2.05, 4.69) is 21.2 Å². The number of nitrogens with one attached hydrogen (secondary N) is 1. The predicted molar refractivity (Wildman–Crippen MR) is 79.2 cm³/mol. The minimum Gasteiger partial charge on any atom is -0.351 e. The molecule has 112 valence electrons. The van der Waals surface area contributed by atoms with E-state index in [4.69, 9.17) is 10.7 Å². The summed E-state index contributed by atoms with van der Waals surface area (Å²) in [5, 5.41) is 2.38. The molecule has 0 aliphatic heterocycles. The smallest absolute Gasteiger partial charge is 0.261 e. The first-order chi connectivity index (χ1) is 8.99.